The van der Waals surface area contributed by atoms with E-state index in [0.717, 1.165) is 11.3 Å². The van der Waals surface area contributed by atoms with Crippen molar-refractivity contribution >= 4 is 23.2 Å². The number of anilines is 1. The number of carbonyl (C=O) groups excluding carboxylic acids is 1. The Labute approximate surface area is 145 Å². The number of benzene rings is 3. The summed E-state index contributed by atoms with van der Waals surface area (Å²) in [5.41, 5.74) is 2.11. The second-order valence-electron chi connectivity index (χ2n) is 5.35. The van der Waals surface area contributed by atoms with E-state index in [1.165, 1.54) is 0 Å². The normalized spacial score (nSPS) is 10.2. The largest absolute Gasteiger partial charge is 0.455 e. The van der Waals surface area contributed by atoms with Gasteiger partial charge in [-0.15, -0.1) is 0 Å². The van der Waals surface area contributed by atoms with E-state index in [2.05, 4.69) is 5.32 Å². The average Bonchev–Trinajstić information content (AvgIpc) is 2.57. The molecule has 3 rings (SSSR count). The van der Waals surface area contributed by atoms with Gasteiger partial charge in [0.1, 0.15) is 5.75 Å². The number of para-hydroxylation sites is 2. The Bertz CT molecular complexity index is 877. The van der Waals surface area contributed by atoms with Crippen molar-refractivity contribution in [2.45, 2.75) is 6.92 Å². The van der Waals surface area contributed by atoms with Gasteiger partial charge in [0.25, 0.3) is 5.91 Å². The van der Waals surface area contributed by atoms with Crippen LogP contribution < -0.4 is 10.1 Å². The zero-order valence-electron chi connectivity index (χ0n) is 13.1. The van der Waals surface area contributed by atoms with Crippen LogP contribution in [0.15, 0.2) is 72.8 Å². The molecule has 0 unspecified atom stereocenters. The van der Waals surface area contributed by atoms with Crippen molar-refractivity contribution in [2.75, 3.05) is 5.32 Å². The number of amides is 1. The summed E-state index contributed by atoms with van der Waals surface area (Å²) in [6.45, 7) is 2.00. The van der Waals surface area contributed by atoms with E-state index in [9.17, 15) is 4.79 Å². The summed E-state index contributed by atoms with van der Waals surface area (Å²) >= 11 is 6.08. The van der Waals surface area contributed by atoms with Crippen LogP contribution in [-0.2, 0) is 0 Å². The lowest BCUT2D eigenvalue weighted by molar-refractivity contribution is 0.102. The van der Waals surface area contributed by atoms with E-state index in [4.69, 9.17) is 16.3 Å². The van der Waals surface area contributed by atoms with E-state index < -0.39 is 0 Å². The molecule has 4 heteroatoms. The Kier molecular flexibility index (Phi) is 4.82. The molecule has 1 N–H and O–H groups in total. The van der Waals surface area contributed by atoms with Gasteiger partial charge in [0.05, 0.1) is 16.3 Å². The molecule has 1 amide bonds. The topological polar surface area (TPSA) is 38.3 Å². The maximum absolute atomic E-state index is 12.4. The summed E-state index contributed by atoms with van der Waals surface area (Å²) in [5.74, 6) is 1.01. The standard InChI is InChI=1S/C20H16ClNO2/c1-14-7-6-8-15(13-14)24-19-12-5-4-11-18(19)22-20(23)16-9-2-3-10-17(16)21/h2-13H,1H3,(H,22,23). The van der Waals surface area contributed by atoms with Gasteiger partial charge >= 0.3 is 0 Å². The van der Waals surface area contributed by atoms with Crippen LogP contribution in [0, 0.1) is 6.92 Å². The molecule has 0 radical (unpaired) electrons. The van der Waals surface area contributed by atoms with Gasteiger partial charge in [-0.25, -0.2) is 0 Å². The number of ether oxygens (including phenoxy) is 1. The van der Waals surface area contributed by atoms with Gasteiger partial charge < -0.3 is 10.1 Å². The summed E-state index contributed by atoms with van der Waals surface area (Å²) < 4.78 is 5.91. The molecule has 24 heavy (non-hydrogen) atoms. The van der Waals surface area contributed by atoms with Gasteiger partial charge in [-0.3, -0.25) is 4.79 Å². The first kappa shape index (κ1) is 16.1. The number of halogens is 1. The van der Waals surface area contributed by atoms with Crippen molar-refractivity contribution in [1.29, 1.82) is 0 Å². The van der Waals surface area contributed by atoms with Gasteiger partial charge in [-0.1, -0.05) is 48.0 Å². The highest BCUT2D eigenvalue weighted by Crippen LogP contribution is 2.30. The summed E-state index contributed by atoms with van der Waals surface area (Å²) in [6.07, 6.45) is 0. The lowest BCUT2D eigenvalue weighted by Gasteiger charge is -2.13. The molecule has 0 aliphatic carbocycles. The summed E-state index contributed by atoms with van der Waals surface area (Å²) in [5, 5.41) is 3.26. The molecule has 0 aliphatic heterocycles. The van der Waals surface area contributed by atoms with Crippen LogP contribution in [0.25, 0.3) is 0 Å². The van der Waals surface area contributed by atoms with E-state index in [1.54, 1.807) is 30.3 Å². The van der Waals surface area contributed by atoms with Crippen LogP contribution in [0.2, 0.25) is 5.02 Å². The molecule has 0 spiro atoms. The first-order valence-corrected chi connectivity index (χ1v) is 7.91. The molecular formula is C20H16ClNO2. The Balaban J connectivity index is 1.84. The predicted octanol–water partition coefficient (Wildman–Crippen LogP) is 5.69. The molecule has 3 nitrogen and oxygen atoms in total. The van der Waals surface area contributed by atoms with Gasteiger partial charge in [-0.05, 0) is 48.9 Å². The van der Waals surface area contributed by atoms with E-state index in [1.807, 2.05) is 49.4 Å². The van der Waals surface area contributed by atoms with Gasteiger partial charge in [-0.2, -0.15) is 0 Å². The zero-order chi connectivity index (χ0) is 16.9. The minimum atomic E-state index is -0.277. The molecule has 3 aromatic rings. The van der Waals surface area contributed by atoms with Crippen LogP contribution in [0.3, 0.4) is 0 Å². The molecule has 0 aromatic heterocycles. The number of aryl methyl sites for hydroxylation is 1. The number of carbonyl (C=O) groups is 1. The monoisotopic (exact) mass is 337 g/mol. The minimum absolute atomic E-state index is 0.277. The van der Waals surface area contributed by atoms with Crippen LogP contribution in [0.4, 0.5) is 5.69 Å². The van der Waals surface area contributed by atoms with Crippen molar-refractivity contribution in [3.8, 4) is 11.5 Å². The Morgan fingerprint density at radius 3 is 2.50 bits per heavy atom. The summed E-state index contributed by atoms with van der Waals surface area (Å²) in [7, 11) is 0. The highest BCUT2D eigenvalue weighted by molar-refractivity contribution is 6.34. The lowest BCUT2D eigenvalue weighted by atomic mass is 10.2. The fourth-order valence-electron chi connectivity index (χ4n) is 2.30. The first-order valence-electron chi connectivity index (χ1n) is 7.53. The van der Waals surface area contributed by atoms with Crippen molar-refractivity contribution in [1.82, 2.24) is 0 Å². The quantitative estimate of drug-likeness (QED) is 0.663. The average molecular weight is 338 g/mol. The highest BCUT2D eigenvalue weighted by atomic mass is 35.5. The van der Waals surface area contributed by atoms with Crippen molar-refractivity contribution in [3.05, 3.63) is 88.9 Å². The molecule has 0 saturated heterocycles. The van der Waals surface area contributed by atoms with Crippen LogP contribution in [-0.4, -0.2) is 5.91 Å². The van der Waals surface area contributed by atoms with Gasteiger partial charge in [0.15, 0.2) is 5.75 Å². The molecule has 3 aromatic carbocycles. The molecule has 0 bridgehead atoms. The van der Waals surface area contributed by atoms with Crippen LogP contribution >= 0.6 is 11.6 Å². The van der Waals surface area contributed by atoms with Gasteiger partial charge in [0, 0.05) is 0 Å². The number of nitrogens with one attached hydrogen (secondary N) is 1. The van der Waals surface area contributed by atoms with E-state index in [0.29, 0.717) is 22.0 Å². The fourth-order valence-corrected chi connectivity index (χ4v) is 2.52. The smallest absolute Gasteiger partial charge is 0.257 e. The SMILES string of the molecule is Cc1cccc(Oc2ccccc2NC(=O)c2ccccc2Cl)c1. The third-order valence-corrected chi connectivity index (χ3v) is 3.80. The molecule has 0 aliphatic rings. The fraction of sp³-hybridized carbons (Fsp3) is 0.0500. The molecule has 0 fully saturated rings. The third kappa shape index (κ3) is 3.76. The molecule has 0 atom stereocenters. The number of hydrogen-bond acceptors (Lipinski definition) is 2. The highest BCUT2D eigenvalue weighted by Gasteiger charge is 2.12. The Morgan fingerprint density at radius 2 is 1.71 bits per heavy atom. The molecular weight excluding hydrogens is 322 g/mol. The third-order valence-electron chi connectivity index (χ3n) is 3.47. The van der Waals surface area contributed by atoms with E-state index in [-0.39, 0.29) is 5.91 Å². The van der Waals surface area contributed by atoms with Crippen molar-refractivity contribution < 1.29 is 9.53 Å². The summed E-state index contributed by atoms with van der Waals surface area (Å²) in [4.78, 5) is 12.4. The molecule has 120 valence electrons. The Morgan fingerprint density at radius 1 is 0.958 bits per heavy atom. The maximum Gasteiger partial charge on any atom is 0.257 e. The Hall–Kier alpha value is -2.78. The van der Waals surface area contributed by atoms with E-state index >= 15 is 0 Å². The van der Waals surface area contributed by atoms with Crippen molar-refractivity contribution in [2.24, 2.45) is 0 Å². The first-order chi connectivity index (χ1) is 11.6. The van der Waals surface area contributed by atoms with Crippen LogP contribution in [0.5, 0.6) is 11.5 Å². The van der Waals surface area contributed by atoms with Gasteiger partial charge in [0.2, 0.25) is 0 Å². The molecule has 0 heterocycles. The zero-order valence-corrected chi connectivity index (χ0v) is 13.9. The predicted molar refractivity (Wildman–Crippen MR) is 97.1 cm³/mol. The number of hydrogen-bond donors (Lipinski definition) is 1. The second-order valence-corrected chi connectivity index (χ2v) is 5.76. The molecule has 0 saturated carbocycles. The maximum atomic E-state index is 12.4. The number of rotatable bonds is 4. The minimum Gasteiger partial charge on any atom is -0.455 e. The summed E-state index contributed by atoms with van der Waals surface area (Å²) in [6, 6.07) is 22.0. The van der Waals surface area contributed by atoms with Crippen molar-refractivity contribution in [3.63, 3.8) is 0 Å². The van der Waals surface area contributed by atoms with Crippen LogP contribution in [0.1, 0.15) is 15.9 Å². The second kappa shape index (κ2) is 7.20. The lowest BCUT2D eigenvalue weighted by Crippen LogP contribution is -2.13.